The van der Waals surface area contributed by atoms with Gasteiger partial charge in [-0.15, -0.1) is 0 Å². The smallest absolute Gasteiger partial charge is 0.261 e. The van der Waals surface area contributed by atoms with E-state index in [9.17, 15) is 13.2 Å². The maximum absolute atomic E-state index is 12.8. The summed E-state index contributed by atoms with van der Waals surface area (Å²) >= 11 is 0. The summed E-state index contributed by atoms with van der Waals surface area (Å²) < 4.78 is 27.7. The van der Waals surface area contributed by atoms with E-state index in [1.165, 1.54) is 5.56 Å². The first-order valence-electron chi connectivity index (χ1n) is 11.2. The average molecular weight is 464 g/mol. The van der Waals surface area contributed by atoms with Crippen molar-refractivity contribution in [3.63, 3.8) is 0 Å². The number of sulfonamides is 1. The number of amides is 1. The lowest BCUT2D eigenvalue weighted by Gasteiger charge is -2.32. The van der Waals surface area contributed by atoms with E-state index in [1.54, 1.807) is 48.5 Å². The molecular formula is C26H29N3O3S. The van der Waals surface area contributed by atoms with E-state index in [4.69, 9.17) is 0 Å². The minimum absolute atomic E-state index is 0.000692. The number of anilines is 2. The Hall–Kier alpha value is -3.16. The molecular weight excluding hydrogens is 434 g/mol. The minimum atomic E-state index is -3.66. The van der Waals surface area contributed by atoms with Gasteiger partial charge >= 0.3 is 0 Å². The largest absolute Gasteiger partial charge is 0.326 e. The van der Waals surface area contributed by atoms with Gasteiger partial charge in [0, 0.05) is 24.5 Å². The quantitative estimate of drug-likeness (QED) is 0.535. The van der Waals surface area contributed by atoms with Crippen LogP contribution in [0.5, 0.6) is 0 Å². The number of nitrogens with zero attached hydrogens (tertiary/aromatic N) is 1. The Morgan fingerprint density at radius 3 is 2.30 bits per heavy atom. The predicted molar refractivity (Wildman–Crippen MR) is 132 cm³/mol. The highest BCUT2D eigenvalue weighted by Gasteiger charge is 2.26. The summed E-state index contributed by atoms with van der Waals surface area (Å²) in [6.45, 7) is 4.48. The Balaban J connectivity index is 1.33. The van der Waals surface area contributed by atoms with E-state index in [0.717, 1.165) is 38.0 Å². The van der Waals surface area contributed by atoms with Gasteiger partial charge in [-0.05, 0) is 68.3 Å². The third-order valence-corrected chi connectivity index (χ3v) is 7.26. The Morgan fingerprint density at radius 2 is 1.61 bits per heavy atom. The van der Waals surface area contributed by atoms with E-state index in [1.807, 2.05) is 25.1 Å². The van der Waals surface area contributed by atoms with E-state index >= 15 is 0 Å². The number of hydrogen-bond donors (Lipinski definition) is 2. The first-order chi connectivity index (χ1) is 15.9. The molecule has 6 nitrogen and oxygen atoms in total. The summed E-state index contributed by atoms with van der Waals surface area (Å²) in [5.74, 6) is -0.0667. The number of carbonyl (C=O) groups excluding carboxylic acids is 1. The summed E-state index contributed by atoms with van der Waals surface area (Å²) in [5.41, 5.74) is 3.34. The van der Waals surface area contributed by atoms with Gasteiger partial charge in [-0.3, -0.25) is 14.4 Å². The number of nitrogens with one attached hydrogen (secondary N) is 2. The molecule has 0 radical (unpaired) electrons. The topological polar surface area (TPSA) is 78.5 Å². The van der Waals surface area contributed by atoms with E-state index in [0.29, 0.717) is 11.4 Å². The van der Waals surface area contributed by atoms with Crippen molar-refractivity contribution in [2.45, 2.75) is 31.2 Å². The molecule has 1 aliphatic heterocycles. The number of aryl methyl sites for hydroxylation is 1. The standard InChI is InChI=1S/C26H29N3O3S/c1-20-9-15-25(16-10-20)33(31,32)28-24-13-11-23(12-14-24)27-26(30)22-8-5-17-29(19-22)18-21-6-3-2-4-7-21/h2-4,6-7,9-16,22,28H,5,8,17-19H2,1H3,(H,27,30). The molecule has 1 saturated heterocycles. The number of carbonyl (C=O) groups is 1. The molecule has 172 valence electrons. The van der Waals surface area contributed by atoms with Crippen molar-refractivity contribution in [3.8, 4) is 0 Å². The van der Waals surface area contributed by atoms with Crippen molar-refractivity contribution in [1.82, 2.24) is 4.90 Å². The SMILES string of the molecule is Cc1ccc(S(=O)(=O)Nc2ccc(NC(=O)C3CCCN(Cc4ccccc4)C3)cc2)cc1. The molecule has 0 bridgehead atoms. The Bertz CT molecular complexity index is 1180. The van der Waals surface area contributed by atoms with Gasteiger partial charge in [0.05, 0.1) is 10.8 Å². The highest BCUT2D eigenvalue weighted by Crippen LogP contribution is 2.22. The average Bonchev–Trinajstić information content (AvgIpc) is 2.81. The van der Waals surface area contributed by atoms with Crippen LogP contribution < -0.4 is 10.0 Å². The van der Waals surface area contributed by atoms with Crippen LogP contribution in [-0.2, 0) is 21.4 Å². The van der Waals surface area contributed by atoms with Gasteiger partial charge in [-0.25, -0.2) is 8.42 Å². The van der Waals surface area contributed by atoms with Gasteiger partial charge in [-0.2, -0.15) is 0 Å². The van der Waals surface area contributed by atoms with Crippen molar-refractivity contribution in [2.75, 3.05) is 23.1 Å². The van der Waals surface area contributed by atoms with Crippen LogP contribution in [0.25, 0.3) is 0 Å². The zero-order valence-electron chi connectivity index (χ0n) is 18.7. The fraction of sp³-hybridized carbons (Fsp3) is 0.269. The summed E-state index contributed by atoms with van der Waals surface area (Å²) in [4.78, 5) is 15.4. The zero-order valence-corrected chi connectivity index (χ0v) is 19.5. The molecule has 3 aromatic rings. The molecule has 0 spiro atoms. The Kier molecular flexibility index (Phi) is 7.11. The molecule has 4 rings (SSSR count). The summed E-state index contributed by atoms with van der Waals surface area (Å²) in [5, 5.41) is 2.98. The maximum atomic E-state index is 12.8. The molecule has 0 saturated carbocycles. The van der Waals surface area contributed by atoms with E-state index in [-0.39, 0.29) is 16.7 Å². The second kappa shape index (κ2) is 10.2. The summed E-state index contributed by atoms with van der Waals surface area (Å²) in [6, 6.07) is 23.7. The predicted octanol–water partition coefficient (Wildman–Crippen LogP) is 4.65. The van der Waals surface area contributed by atoms with Crippen LogP contribution in [0.1, 0.15) is 24.0 Å². The van der Waals surface area contributed by atoms with Crippen molar-refractivity contribution < 1.29 is 13.2 Å². The number of hydrogen-bond acceptors (Lipinski definition) is 4. The molecule has 1 amide bonds. The number of likely N-dealkylation sites (tertiary alicyclic amines) is 1. The lowest BCUT2D eigenvalue weighted by atomic mass is 9.96. The monoisotopic (exact) mass is 463 g/mol. The third-order valence-electron chi connectivity index (χ3n) is 5.86. The molecule has 33 heavy (non-hydrogen) atoms. The van der Waals surface area contributed by atoms with Gasteiger partial charge < -0.3 is 5.32 Å². The van der Waals surface area contributed by atoms with Gasteiger partial charge in [0.1, 0.15) is 0 Å². The molecule has 3 aromatic carbocycles. The van der Waals surface area contributed by atoms with E-state index < -0.39 is 10.0 Å². The van der Waals surface area contributed by atoms with Crippen LogP contribution >= 0.6 is 0 Å². The molecule has 1 atom stereocenters. The second-order valence-electron chi connectivity index (χ2n) is 8.55. The van der Waals surface area contributed by atoms with Crippen molar-refractivity contribution >= 4 is 27.3 Å². The van der Waals surface area contributed by atoms with Crippen LogP contribution in [0.15, 0.2) is 83.8 Å². The van der Waals surface area contributed by atoms with Crippen LogP contribution in [-0.4, -0.2) is 32.3 Å². The molecule has 2 N–H and O–H groups in total. The Morgan fingerprint density at radius 1 is 0.939 bits per heavy atom. The normalized spacial score (nSPS) is 16.8. The van der Waals surface area contributed by atoms with Gasteiger partial charge in [0.25, 0.3) is 10.0 Å². The summed E-state index contributed by atoms with van der Waals surface area (Å²) in [6.07, 6.45) is 1.86. The third kappa shape index (κ3) is 6.21. The minimum Gasteiger partial charge on any atom is -0.326 e. The molecule has 1 aliphatic rings. The van der Waals surface area contributed by atoms with Gasteiger partial charge in [0.15, 0.2) is 0 Å². The van der Waals surface area contributed by atoms with E-state index in [2.05, 4.69) is 27.1 Å². The highest BCUT2D eigenvalue weighted by atomic mass is 32.2. The number of piperidine rings is 1. The molecule has 1 unspecified atom stereocenters. The molecule has 1 fully saturated rings. The molecule has 1 heterocycles. The highest BCUT2D eigenvalue weighted by molar-refractivity contribution is 7.92. The van der Waals surface area contributed by atoms with Crippen LogP contribution in [0, 0.1) is 12.8 Å². The number of benzene rings is 3. The molecule has 0 aliphatic carbocycles. The van der Waals surface area contributed by atoms with Crippen LogP contribution in [0.3, 0.4) is 0 Å². The van der Waals surface area contributed by atoms with Gasteiger partial charge in [-0.1, -0.05) is 48.0 Å². The zero-order chi connectivity index (χ0) is 23.3. The lowest BCUT2D eigenvalue weighted by molar-refractivity contribution is -0.121. The van der Waals surface area contributed by atoms with Crippen molar-refractivity contribution in [3.05, 3.63) is 90.0 Å². The second-order valence-corrected chi connectivity index (χ2v) is 10.2. The van der Waals surface area contributed by atoms with Crippen LogP contribution in [0.4, 0.5) is 11.4 Å². The van der Waals surface area contributed by atoms with Gasteiger partial charge in [0.2, 0.25) is 5.91 Å². The van der Waals surface area contributed by atoms with Crippen molar-refractivity contribution in [1.29, 1.82) is 0 Å². The van der Waals surface area contributed by atoms with Crippen molar-refractivity contribution in [2.24, 2.45) is 5.92 Å². The molecule has 7 heteroatoms. The molecule has 0 aromatic heterocycles. The fourth-order valence-corrected chi connectivity index (χ4v) is 5.11. The fourth-order valence-electron chi connectivity index (χ4n) is 4.05. The first kappa shape index (κ1) is 23.0. The van der Waals surface area contributed by atoms with Crippen LogP contribution in [0.2, 0.25) is 0 Å². The summed E-state index contributed by atoms with van der Waals surface area (Å²) in [7, 11) is -3.66. The Labute approximate surface area is 195 Å². The number of rotatable bonds is 7. The maximum Gasteiger partial charge on any atom is 0.261 e. The lowest BCUT2D eigenvalue weighted by Crippen LogP contribution is -2.40. The first-order valence-corrected chi connectivity index (χ1v) is 12.6.